The molecule has 1 fully saturated rings. The highest BCUT2D eigenvalue weighted by atomic mass is 16.6. The molecule has 4 rings (SSSR count). The monoisotopic (exact) mass is 340 g/mol. The molecule has 0 radical (unpaired) electrons. The van der Waals surface area contributed by atoms with Gasteiger partial charge in [0.05, 0.1) is 12.7 Å². The molecular formula is C16H16N6O3. The molecule has 9 heteroatoms. The first-order chi connectivity index (χ1) is 12.2. The lowest BCUT2D eigenvalue weighted by atomic mass is 10.3. The zero-order valence-electron chi connectivity index (χ0n) is 13.4. The molecule has 0 aromatic carbocycles. The minimum Gasteiger partial charge on any atom is -0.372 e. The largest absolute Gasteiger partial charge is 0.372 e. The summed E-state index contributed by atoms with van der Waals surface area (Å²) in [5, 5.41) is 15.4. The second-order valence-electron chi connectivity index (χ2n) is 5.86. The van der Waals surface area contributed by atoms with Crippen molar-refractivity contribution in [1.82, 2.24) is 19.6 Å². The molecule has 128 valence electrons. The molecular weight excluding hydrogens is 324 g/mol. The molecule has 1 saturated heterocycles. The van der Waals surface area contributed by atoms with E-state index in [2.05, 4.69) is 20.0 Å². The molecule has 1 unspecified atom stereocenters. The van der Waals surface area contributed by atoms with E-state index in [-0.39, 0.29) is 11.9 Å². The van der Waals surface area contributed by atoms with Gasteiger partial charge in [0.1, 0.15) is 6.20 Å². The number of ether oxygens (including phenoxy) is 1. The summed E-state index contributed by atoms with van der Waals surface area (Å²) in [6.45, 7) is 2.04. The molecule has 3 aromatic rings. The minimum absolute atomic E-state index is 0.100. The van der Waals surface area contributed by atoms with Gasteiger partial charge in [0.25, 0.3) is 0 Å². The van der Waals surface area contributed by atoms with Gasteiger partial charge in [-0.15, -0.1) is 0 Å². The Labute approximate surface area is 143 Å². The fraction of sp³-hybridized carbons (Fsp3) is 0.312. The molecule has 25 heavy (non-hydrogen) atoms. The summed E-state index contributed by atoms with van der Waals surface area (Å²) in [5.41, 5.74) is 1.54. The van der Waals surface area contributed by atoms with E-state index in [0.29, 0.717) is 24.6 Å². The van der Waals surface area contributed by atoms with Crippen LogP contribution in [0.2, 0.25) is 0 Å². The summed E-state index contributed by atoms with van der Waals surface area (Å²) >= 11 is 0. The van der Waals surface area contributed by atoms with Gasteiger partial charge in [-0.05, 0) is 35.1 Å². The number of rotatable bonds is 5. The van der Waals surface area contributed by atoms with Crippen LogP contribution in [0.1, 0.15) is 12.0 Å². The standard InChI is InChI=1S/C16H16N6O3/c23-22(24)16-9-18-14-1-2-15(19-21(14)16)20-8-5-13(10-20)25-11-12-3-6-17-7-4-12/h1-4,6-7,9,13H,5,8,10-11H2. The maximum atomic E-state index is 11.0. The highest BCUT2D eigenvalue weighted by Crippen LogP contribution is 2.22. The van der Waals surface area contributed by atoms with Crippen LogP contribution in [0.25, 0.3) is 5.65 Å². The van der Waals surface area contributed by atoms with E-state index in [1.165, 1.54) is 10.7 Å². The Morgan fingerprint density at radius 1 is 1.28 bits per heavy atom. The van der Waals surface area contributed by atoms with Crippen molar-refractivity contribution >= 4 is 17.3 Å². The van der Waals surface area contributed by atoms with E-state index in [4.69, 9.17) is 4.74 Å². The van der Waals surface area contributed by atoms with Gasteiger partial charge in [0.2, 0.25) is 5.65 Å². The van der Waals surface area contributed by atoms with Crippen molar-refractivity contribution in [2.75, 3.05) is 18.0 Å². The van der Waals surface area contributed by atoms with E-state index < -0.39 is 4.92 Å². The van der Waals surface area contributed by atoms with Gasteiger partial charge in [-0.25, -0.2) is 4.98 Å². The van der Waals surface area contributed by atoms with Gasteiger partial charge in [-0.1, -0.05) is 9.61 Å². The molecule has 0 bridgehead atoms. The van der Waals surface area contributed by atoms with Gasteiger partial charge in [0, 0.05) is 31.5 Å². The summed E-state index contributed by atoms with van der Waals surface area (Å²) in [6.07, 6.45) is 5.70. The highest BCUT2D eigenvalue weighted by molar-refractivity contribution is 5.49. The van der Waals surface area contributed by atoms with Gasteiger partial charge in [0.15, 0.2) is 5.82 Å². The summed E-state index contributed by atoms with van der Waals surface area (Å²) in [5.74, 6) is 0.546. The number of fused-ring (bicyclic) bond motifs is 1. The van der Waals surface area contributed by atoms with E-state index >= 15 is 0 Å². The molecule has 0 amide bonds. The van der Waals surface area contributed by atoms with E-state index in [0.717, 1.165) is 18.5 Å². The van der Waals surface area contributed by atoms with Crippen LogP contribution in [0.4, 0.5) is 11.6 Å². The molecule has 1 aliphatic rings. The first-order valence-corrected chi connectivity index (χ1v) is 7.95. The zero-order chi connectivity index (χ0) is 17.2. The number of hydrogen-bond donors (Lipinski definition) is 0. The fourth-order valence-electron chi connectivity index (χ4n) is 2.91. The molecule has 9 nitrogen and oxygen atoms in total. The van der Waals surface area contributed by atoms with Gasteiger partial charge < -0.3 is 19.8 Å². The molecule has 1 atom stereocenters. The van der Waals surface area contributed by atoms with Gasteiger partial charge in [-0.2, -0.15) is 0 Å². The lowest BCUT2D eigenvalue weighted by molar-refractivity contribution is -0.391. The molecule has 1 aliphatic heterocycles. The van der Waals surface area contributed by atoms with Crippen LogP contribution in [-0.4, -0.2) is 43.7 Å². The first-order valence-electron chi connectivity index (χ1n) is 7.95. The van der Waals surface area contributed by atoms with Crippen molar-refractivity contribution in [3.8, 4) is 0 Å². The number of nitro groups is 1. The number of aromatic nitrogens is 4. The molecule has 0 aliphatic carbocycles. The van der Waals surface area contributed by atoms with E-state index in [1.54, 1.807) is 18.5 Å². The molecule has 3 aromatic heterocycles. The predicted molar refractivity (Wildman–Crippen MR) is 89.3 cm³/mol. The van der Waals surface area contributed by atoms with Crippen LogP contribution in [0.5, 0.6) is 0 Å². The molecule has 0 spiro atoms. The molecule has 0 saturated carbocycles. The van der Waals surface area contributed by atoms with Crippen molar-refractivity contribution in [2.45, 2.75) is 19.1 Å². The van der Waals surface area contributed by atoms with Gasteiger partial charge >= 0.3 is 5.82 Å². The second kappa shape index (κ2) is 6.44. The van der Waals surface area contributed by atoms with E-state index in [1.807, 2.05) is 18.2 Å². The van der Waals surface area contributed by atoms with Crippen molar-refractivity contribution in [1.29, 1.82) is 0 Å². The van der Waals surface area contributed by atoms with Crippen LogP contribution < -0.4 is 4.90 Å². The smallest absolute Gasteiger partial charge is 0.368 e. The summed E-state index contributed by atoms with van der Waals surface area (Å²) in [7, 11) is 0. The summed E-state index contributed by atoms with van der Waals surface area (Å²) in [4.78, 5) is 20.6. The fourth-order valence-corrected chi connectivity index (χ4v) is 2.91. The number of anilines is 1. The van der Waals surface area contributed by atoms with Crippen LogP contribution in [-0.2, 0) is 11.3 Å². The Bertz CT molecular complexity index is 897. The highest BCUT2D eigenvalue weighted by Gasteiger charge is 2.26. The summed E-state index contributed by atoms with van der Waals surface area (Å²) in [6, 6.07) is 7.43. The Morgan fingerprint density at radius 3 is 2.92 bits per heavy atom. The summed E-state index contributed by atoms with van der Waals surface area (Å²) < 4.78 is 7.21. The first kappa shape index (κ1) is 15.5. The third kappa shape index (κ3) is 3.13. The lowest BCUT2D eigenvalue weighted by Gasteiger charge is -2.16. The van der Waals surface area contributed by atoms with Crippen LogP contribution in [0.15, 0.2) is 42.9 Å². The predicted octanol–water partition coefficient (Wildman–Crippen LogP) is 1.83. The number of hydrogen-bond acceptors (Lipinski definition) is 7. The normalized spacial score (nSPS) is 17.3. The number of pyridine rings is 1. The quantitative estimate of drug-likeness (QED) is 0.516. The average molecular weight is 340 g/mol. The maximum absolute atomic E-state index is 11.0. The van der Waals surface area contributed by atoms with Crippen molar-refractivity contribution in [2.24, 2.45) is 0 Å². The average Bonchev–Trinajstić information content (AvgIpc) is 3.27. The van der Waals surface area contributed by atoms with Crippen molar-refractivity contribution in [3.63, 3.8) is 0 Å². The third-order valence-corrected chi connectivity index (χ3v) is 4.22. The Kier molecular flexibility index (Phi) is 3.98. The Balaban J connectivity index is 1.45. The van der Waals surface area contributed by atoms with Crippen LogP contribution >= 0.6 is 0 Å². The van der Waals surface area contributed by atoms with Crippen LogP contribution in [0.3, 0.4) is 0 Å². The molecule has 0 N–H and O–H groups in total. The number of imidazole rings is 1. The van der Waals surface area contributed by atoms with Crippen molar-refractivity contribution in [3.05, 3.63) is 58.5 Å². The Morgan fingerprint density at radius 2 is 2.12 bits per heavy atom. The third-order valence-electron chi connectivity index (χ3n) is 4.22. The van der Waals surface area contributed by atoms with Crippen molar-refractivity contribution < 1.29 is 9.66 Å². The second-order valence-corrected chi connectivity index (χ2v) is 5.86. The zero-order valence-corrected chi connectivity index (χ0v) is 13.4. The minimum atomic E-state index is -0.485. The topological polar surface area (TPSA) is 98.7 Å². The lowest BCUT2D eigenvalue weighted by Crippen LogP contribution is -2.24. The maximum Gasteiger partial charge on any atom is 0.368 e. The van der Waals surface area contributed by atoms with E-state index in [9.17, 15) is 10.1 Å². The molecule has 4 heterocycles. The van der Waals surface area contributed by atoms with Gasteiger partial charge in [-0.3, -0.25) is 4.98 Å². The number of nitrogens with zero attached hydrogens (tertiary/aromatic N) is 6. The Hall–Kier alpha value is -3.07. The van der Waals surface area contributed by atoms with Crippen LogP contribution in [0, 0.1) is 10.1 Å². The SMILES string of the molecule is O=[N+]([O-])c1cnc2ccc(N3CCC(OCc4ccncc4)C3)nn12.